The van der Waals surface area contributed by atoms with Crippen molar-refractivity contribution in [3.8, 4) is 0 Å². The van der Waals surface area contributed by atoms with Gasteiger partial charge in [-0.05, 0) is 6.42 Å². The van der Waals surface area contributed by atoms with E-state index in [0.717, 1.165) is 11.8 Å². The van der Waals surface area contributed by atoms with Gasteiger partial charge in [0, 0.05) is 12.3 Å². The molecule has 1 heterocycles. The zero-order chi connectivity index (χ0) is 10.6. The summed E-state index contributed by atoms with van der Waals surface area (Å²) in [6.07, 6.45) is 1.84. The third-order valence-electron chi connectivity index (χ3n) is 1.55. The first-order chi connectivity index (χ1) is 6.63. The van der Waals surface area contributed by atoms with Gasteiger partial charge in [-0.15, -0.1) is 0 Å². The SMILES string of the molecule is CCC(Sc1nccc(=O)[nH]1)C(=O)O. The zero-order valence-electron chi connectivity index (χ0n) is 7.56. The number of thioether (sulfide) groups is 1. The summed E-state index contributed by atoms with van der Waals surface area (Å²) in [4.78, 5) is 27.9. The Balaban J connectivity index is 2.77. The summed E-state index contributed by atoms with van der Waals surface area (Å²) in [5, 5.41) is 8.53. The van der Waals surface area contributed by atoms with Gasteiger partial charge in [-0.25, -0.2) is 4.98 Å². The molecule has 0 aliphatic heterocycles. The van der Waals surface area contributed by atoms with E-state index in [0.29, 0.717) is 11.6 Å². The van der Waals surface area contributed by atoms with Crippen molar-refractivity contribution < 1.29 is 9.90 Å². The number of nitrogens with one attached hydrogen (secondary N) is 1. The molecule has 6 heteroatoms. The molecule has 2 N–H and O–H groups in total. The maximum Gasteiger partial charge on any atom is 0.317 e. The molecule has 0 amide bonds. The second-order valence-electron chi connectivity index (χ2n) is 2.59. The Kier molecular flexibility index (Phi) is 3.70. The highest BCUT2D eigenvalue weighted by molar-refractivity contribution is 8.00. The van der Waals surface area contributed by atoms with E-state index in [9.17, 15) is 9.59 Å². The van der Waals surface area contributed by atoms with Crippen molar-refractivity contribution in [2.24, 2.45) is 0 Å². The van der Waals surface area contributed by atoms with Crippen molar-refractivity contribution in [3.05, 3.63) is 22.6 Å². The lowest BCUT2D eigenvalue weighted by Gasteiger charge is -2.06. The minimum atomic E-state index is -0.899. The number of hydrogen-bond acceptors (Lipinski definition) is 4. The first-order valence-corrected chi connectivity index (χ1v) is 4.96. The number of carbonyl (C=O) groups is 1. The third kappa shape index (κ3) is 2.88. The van der Waals surface area contributed by atoms with Crippen molar-refractivity contribution >= 4 is 17.7 Å². The fourth-order valence-electron chi connectivity index (χ4n) is 0.855. The van der Waals surface area contributed by atoms with Crippen LogP contribution < -0.4 is 5.56 Å². The van der Waals surface area contributed by atoms with E-state index in [-0.39, 0.29) is 5.56 Å². The van der Waals surface area contributed by atoms with Crippen LogP contribution in [0.4, 0.5) is 0 Å². The summed E-state index contributed by atoms with van der Waals surface area (Å²) >= 11 is 1.04. The van der Waals surface area contributed by atoms with Crippen LogP contribution in [0.15, 0.2) is 22.2 Å². The molecule has 76 valence electrons. The Labute approximate surface area is 84.6 Å². The van der Waals surface area contributed by atoms with E-state index >= 15 is 0 Å². The molecule has 0 bridgehead atoms. The van der Waals surface area contributed by atoms with Crippen LogP contribution in [0.2, 0.25) is 0 Å². The first kappa shape index (κ1) is 10.8. The number of nitrogens with zero attached hydrogens (tertiary/aromatic N) is 1. The second kappa shape index (κ2) is 4.80. The molecular formula is C8H10N2O3S. The minimum absolute atomic E-state index is 0.275. The molecule has 0 aliphatic rings. The Morgan fingerprint density at radius 3 is 3.00 bits per heavy atom. The number of aromatic nitrogens is 2. The number of H-pyrrole nitrogens is 1. The molecule has 1 atom stereocenters. The van der Waals surface area contributed by atoms with E-state index in [1.165, 1.54) is 12.3 Å². The number of aromatic amines is 1. The molecule has 1 rings (SSSR count). The van der Waals surface area contributed by atoms with Gasteiger partial charge in [-0.1, -0.05) is 18.7 Å². The van der Waals surface area contributed by atoms with Crippen molar-refractivity contribution in [3.63, 3.8) is 0 Å². The Morgan fingerprint density at radius 2 is 2.50 bits per heavy atom. The number of carboxylic acid groups (broad SMARTS) is 1. The van der Waals surface area contributed by atoms with Crippen molar-refractivity contribution in [1.29, 1.82) is 0 Å². The van der Waals surface area contributed by atoms with Gasteiger partial charge >= 0.3 is 5.97 Å². The maximum atomic E-state index is 10.9. The molecule has 0 aliphatic carbocycles. The summed E-state index contributed by atoms with van der Waals surface area (Å²) in [6.45, 7) is 1.77. The average molecular weight is 214 g/mol. The molecule has 14 heavy (non-hydrogen) atoms. The first-order valence-electron chi connectivity index (χ1n) is 4.08. The Morgan fingerprint density at radius 1 is 1.79 bits per heavy atom. The third-order valence-corrected chi connectivity index (χ3v) is 2.80. The van der Waals surface area contributed by atoms with Gasteiger partial charge in [-0.3, -0.25) is 9.59 Å². The van der Waals surface area contributed by atoms with E-state index in [4.69, 9.17) is 5.11 Å². The molecule has 0 saturated carbocycles. The molecule has 0 fully saturated rings. The fourth-order valence-corrected chi connectivity index (χ4v) is 1.67. The van der Waals surface area contributed by atoms with Crippen molar-refractivity contribution in [1.82, 2.24) is 9.97 Å². The van der Waals surface area contributed by atoms with Crippen LogP contribution >= 0.6 is 11.8 Å². The van der Waals surface area contributed by atoms with Crippen LogP contribution in [-0.4, -0.2) is 26.3 Å². The number of rotatable bonds is 4. The van der Waals surface area contributed by atoms with Crippen LogP contribution in [0.25, 0.3) is 0 Å². The number of hydrogen-bond donors (Lipinski definition) is 2. The van der Waals surface area contributed by atoms with Gasteiger partial charge in [0.05, 0.1) is 0 Å². The lowest BCUT2D eigenvalue weighted by atomic mass is 10.3. The van der Waals surface area contributed by atoms with E-state index < -0.39 is 11.2 Å². The van der Waals surface area contributed by atoms with Gasteiger partial charge in [0.25, 0.3) is 5.56 Å². The van der Waals surface area contributed by atoms with Crippen LogP contribution in [-0.2, 0) is 4.79 Å². The zero-order valence-corrected chi connectivity index (χ0v) is 8.37. The topological polar surface area (TPSA) is 83.0 Å². The fraction of sp³-hybridized carbons (Fsp3) is 0.375. The van der Waals surface area contributed by atoms with Gasteiger partial charge in [0.1, 0.15) is 5.25 Å². The molecule has 0 radical (unpaired) electrons. The second-order valence-corrected chi connectivity index (χ2v) is 3.78. The van der Waals surface area contributed by atoms with Gasteiger partial charge in [0.2, 0.25) is 0 Å². The molecule has 1 unspecified atom stereocenters. The van der Waals surface area contributed by atoms with E-state index in [1.54, 1.807) is 6.92 Å². The van der Waals surface area contributed by atoms with Gasteiger partial charge < -0.3 is 10.1 Å². The van der Waals surface area contributed by atoms with Crippen molar-refractivity contribution in [2.45, 2.75) is 23.8 Å². The van der Waals surface area contributed by atoms with Gasteiger partial charge in [0.15, 0.2) is 5.16 Å². The minimum Gasteiger partial charge on any atom is -0.480 e. The molecule has 0 saturated heterocycles. The maximum absolute atomic E-state index is 10.9. The summed E-state index contributed by atoms with van der Waals surface area (Å²) in [5.74, 6) is -0.899. The highest BCUT2D eigenvalue weighted by atomic mass is 32.2. The molecule has 0 spiro atoms. The highest BCUT2D eigenvalue weighted by Gasteiger charge is 2.17. The van der Waals surface area contributed by atoms with Crippen LogP contribution in [0, 0.1) is 0 Å². The van der Waals surface area contributed by atoms with Crippen molar-refractivity contribution in [2.75, 3.05) is 0 Å². The van der Waals surface area contributed by atoms with Gasteiger partial charge in [-0.2, -0.15) is 0 Å². The smallest absolute Gasteiger partial charge is 0.317 e. The lowest BCUT2D eigenvalue weighted by molar-refractivity contribution is -0.136. The molecule has 1 aromatic heterocycles. The summed E-state index contributed by atoms with van der Waals surface area (Å²) in [7, 11) is 0. The average Bonchev–Trinajstić information content (AvgIpc) is 2.14. The summed E-state index contributed by atoms with van der Waals surface area (Å²) in [6, 6.07) is 1.28. The Hall–Kier alpha value is -1.30. The largest absolute Gasteiger partial charge is 0.480 e. The Bertz CT molecular complexity index is 377. The van der Waals surface area contributed by atoms with E-state index in [2.05, 4.69) is 9.97 Å². The standard InChI is InChI=1S/C8H10N2O3S/c1-2-5(7(12)13)14-8-9-4-3-6(11)10-8/h3-5H,2H2,1H3,(H,12,13)(H,9,10,11). The number of carboxylic acids is 1. The molecule has 5 nitrogen and oxygen atoms in total. The summed E-state index contributed by atoms with van der Waals surface area (Å²) in [5.41, 5.74) is -0.275. The monoisotopic (exact) mass is 214 g/mol. The predicted octanol–water partition coefficient (Wildman–Crippen LogP) is 0.725. The quantitative estimate of drug-likeness (QED) is 0.570. The summed E-state index contributed by atoms with van der Waals surface area (Å²) < 4.78 is 0. The molecular weight excluding hydrogens is 204 g/mol. The number of aliphatic carboxylic acids is 1. The molecule has 0 aromatic carbocycles. The lowest BCUT2D eigenvalue weighted by Crippen LogP contribution is -2.16. The molecule has 1 aromatic rings. The highest BCUT2D eigenvalue weighted by Crippen LogP contribution is 2.20. The van der Waals surface area contributed by atoms with Crippen LogP contribution in [0.5, 0.6) is 0 Å². The van der Waals surface area contributed by atoms with E-state index in [1.807, 2.05) is 0 Å². The van der Waals surface area contributed by atoms with Crippen LogP contribution in [0.3, 0.4) is 0 Å². The predicted molar refractivity (Wildman–Crippen MR) is 52.4 cm³/mol. The van der Waals surface area contributed by atoms with Crippen LogP contribution in [0.1, 0.15) is 13.3 Å². The normalized spacial score (nSPS) is 12.4.